The molecule has 0 saturated carbocycles. The monoisotopic (exact) mass is 313 g/mol. The molecule has 0 radical (unpaired) electrons. The van der Waals surface area contributed by atoms with Crippen molar-refractivity contribution in [2.24, 2.45) is 5.92 Å². The molecular formula is C10H20NO8P. The van der Waals surface area contributed by atoms with Crippen LogP contribution in [0, 0.1) is 5.92 Å². The fourth-order valence-corrected chi connectivity index (χ4v) is 2.60. The molecule has 1 amide bonds. The minimum Gasteiger partial charge on any atom is -0.448 e. The quantitative estimate of drug-likeness (QED) is 0.446. The molecule has 10 heteroatoms. The molecular weight excluding hydrogens is 293 g/mol. The Morgan fingerprint density at radius 1 is 1.15 bits per heavy atom. The maximum absolute atomic E-state index is 11.7. The van der Waals surface area contributed by atoms with Gasteiger partial charge < -0.3 is 19.3 Å². The fraction of sp³-hybridized carbons (Fsp3) is 0.800. The molecule has 0 fully saturated rings. The Morgan fingerprint density at radius 3 is 2.00 bits per heavy atom. The number of carbonyl (C=O) groups excluding carboxylic acids is 2. The number of carbonyl (C=O) groups is 2. The van der Waals surface area contributed by atoms with Crippen LogP contribution in [0.15, 0.2) is 0 Å². The molecule has 0 aliphatic carbocycles. The summed E-state index contributed by atoms with van der Waals surface area (Å²) in [6, 6.07) is 0. The van der Waals surface area contributed by atoms with E-state index in [1.165, 1.54) is 27.7 Å². The third-order valence-corrected chi connectivity index (χ3v) is 3.56. The first kappa shape index (κ1) is 18.7. The number of hydrogen-bond acceptors (Lipinski definition) is 6. The molecule has 0 rings (SSSR count). The van der Waals surface area contributed by atoms with Gasteiger partial charge in [0.05, 0.1) is 13.2 Å². The van der Waals surface area contributed by atoms with E-state index in [1.54, 1.807) is 0 Å². The van der Waals surface area contributed by atoms with E-state index < -0.39 is 31.5 Å². The minimum absolute atomic E-state index is 0.0161. The van der Waals surface area contributed by atoms with E-state index >= 15 is 0 Å². The van der Waals surface area contributed by atoms with Gasteiger partial charge in [0.2, 0.25) is 0 Å². The smallest absolute Gasteiger partial charge is 0.448 e. The molecule has 9 nitrogen and oxygen atoms in total. The number of nitrogens with zero attached hydrogens (tertiary/aromatic N) is 1. The lowest BCUT2D eigenvalue weighted by atomic mass is 10.2. The van der Waals surface area contributed by atoms with Crippen LogP contribution in [0.1, 0.15) is 27.7 Å². The van der Waals surface area contributed by atoms with E-state index in [2.05, 4.69) is 14.3 Å². The SMILES string of the molecule is CCOC(=O)ON(C(=O)OCC)C(C(C)C)P(=O)(O)O. The summed E-state index contributed by atoms with van der Waals surface area (Å²) in [6.45, 7) is 5.88. The summed E-state index contributed by atoms with van der Waals surface area (Å²) in [5, 5.41) is 0.229. The molecule has 0 aromatic heterocycles. The highest BCUT2D eigenvalue weighted by atomic mass is 31.2. The van der Waals surface area contributed by atoms with E-state index in [0.717, 1.165) is 0 Å². The van der Waals surface area contributed by atoms with Crippen LogP contribution < -0.4 is 0 Å². The molecule has 0 heterocycles. The summed E-state index contributed by atoms with van der Waals surface area (Å²) in [5.41, 5.74) is 0. The highest BCUT2D eigenvalue weighted by Crippen LogP contribution is 2.47. The number of rotatable bonds is 5. The Labute approximate surface area is 116 Å². The van der Waals surface area contributed by atoms with Gasteiger partial charge in [0, 0.05) is 0 Å². The molecule has 20 heavy (non-hydrogen) atoms. The first-order chi connectivity index (χ1) is 9.15. The second-order valence-corrected chi connectivity index (χ2v) is 5.75. The van der Waals surface area contributed by atoms with Crippen molar-refractivity contribution in [1.82, 2.24) is 5.06 Å². The van der Waals surface area contributed by atoms with Crippen molar-refractivity contribution in [3.8, 4) is 0 Å². The molecule has 0 aliphatic heterocycles. The van der Waals surface area contributed by atoms with E-state index in [0.29, 0.717) is 0 Å². The van der Waals surface area contributed by atoms with Gasteiger partial charge >= 0.3 is 19.8 Å². The van der Waals surface area contributed by atoms with Gasteiger partial charge in [0.1, 0.15) is 0 Å². The van der Waals surface area contributed by atoms with Crippen LogP contribution in [-0.2, 0) is 18.9 Å². The van der Waals surface area contributed by atoms with Crippen LogP contribution in [0.25, 0.3) is 0 Å². The Bertz CT molecular complexity index is 379. The number of amides is 1. The Balaban J connectivity index is 5.31. The summed E-state index contributed by atoms with van der Waals surface area (Å²) < 4.78 is 20.6. The Kier molecular flexibility index (Phi) is 7.55. The molecule has 2 N–H and O–H groups in total. The van der Waals surface area contributed by atoms with Crippen LogP contribution in [0.3, 0.4) is 0 Å². The highest BCUT2D eigenvalue weighted by molar-refractivity contribution is 7.52. The van der Waals surface area contributed by atoms with Gasteiger partial charge in [0.15, 0.2) is 5.78 Å². The summed E-state index contributed by atoms with van der Waals surface area (Å²) >= 11 is 0. The molecule has 0 saturated heterocycles. The average Bonchev–Trinajstić information content (AvgIpc) is 2.26. The van der Waals surface area contributed by atoms with Crippen LogP contribution in [0.5, 0.6) is 0 Å². The Morgan fingerprint density at radius 2 is 1.65 bits per heavy atom. The number of ether oxygens (including phenoxy) is 2. The van der Waals surface area contributed by atoms with E-state index in [-0.39, 0.29) is 18.3 Å². The molecule has 0 aromatic carbocycles. The van der Waals surface area contributed by atoms with Crippen molar-refractivity contribution in [3.63, 3.8) is 0 Å². The van der Waals surface area contributed by atoms with Crippen LogP contribution in [-0.4, -0.2) is 46.1 Å². The van der Waals surface area contributed by atoms with Gasteiger partial charge in [-0.1, -0.05) is 13.8 Å². The van der Waals surface area contributed by atoms with Crippen molar-refractivity contribution in [2.75, 3.05) is 13.2 Å². The van der Waals surface area contributed by atoms with Crippen molar-refractivity contribution < 1.29 is 38.3 Å². The maximum atomic E-state index is 11.7. The molecule has 118 valence electrons. The molecule has 1 unspecified atom stereocenters. The average molecular weight is 313 g/mol. The van der Waals surface area contributed by atoms with E-state index in [1.807, 2.05) is 0 Å². The summed E-state index contributed by atoms with van der Waals surface area (Å²) in [5.74, 6) is -2.35. The predicted octanol–water partition coefficient (Wildman–Crippen LogP) is 1.69. The second kappa shape index (κ2) is 8.08. The molecule has 0 spiro atoms. The lowest BCUT2D eigenvalue weighted by Gasteiger charge is -2.30. The van der Waals surface area contributed by atoms with Crippen LogP contribution in [0.2, 0.25) is 0 Å². The van der Waals surface area contributed by atoms with Crippen molar-refractivity contribution in [2.45, 2.75) is 33.5 Å². The van der Waals surface area contributed by atoms with Gasteiger partial charge in [-0.15, -0.1) is 5.06 Å². The third-order valence-electron chi connectivity index (χ3n) is 2.06. The minimum atomic E-state index is -4.75. The topological polar surface area (TPSA) is 123 Å². The number of hydrogen-bond donors (Lipinski definition) is 2. The van der Waals surface area contributed by atoms with Crippen LogP contribution in [0.4, 0.5) is 9.59 Å². The number of hydroxylamine groups is 2. The van der Waals surface area contributed by atoms with Crippen molar-refractivity contribution >= 4 is 19.8 Å². The van der Waals surface area contributed by atoms with E-state index in [4.69, 9.17) is 0 Å². The Hall–Kier alpha value is -1.31. The van der Waals surface area contributed by atoms with Gasteiger partial charge in [-0.3, -0.25) is 9.40 Å². The van der Waals surface area contributed by atoms with Crippen molar-refractivity contribution in [3.05, 3.63) is 0 Å². The van der Waals surface area contributed by atoms with E-state index in [9.17, 15) is 23.9 Å². The van der Waals surface area contributed by atoms with Crippen LogP contribution >= 0.6 is 7.60 Å². The summed E-state index contributed by atoms with van der Waals surface area (Å²) in [4.78, 5) is 46.1. The van der Waals surface area contributed by atoms with Crippen molar-refractivity contribution in [1.29, 1.82) is 0 Å². The van der Waals surface area contributed by atoms with Gasteiger partial charge in [-0.05, 0) is 19.8 Å². The standard InChI is InChI=1S/C10H20NO8P/c1-5-17-9(12)11(19-10(13)18-6-2)8(7(3)4)20(14,15)16/h7-8H,5-6H2,1-4H3,(H2,14,15,16). The highest BCUT2D eigenvalue weighted by Gasteiger charge is 2.43. The van der Waals surface area contributed by atoms with Gasteiger partial charge in [-0.25, -0.2) is 9.59 Å². The summed E-state index contributed by atoms with van der Waals surface area (Å²) in [6.07, 6.45) is -2.43. The fourth-order valence-electron chi connectivity index (χ4n) is 1.41. The maximum Gasteiger partial charge on any atom is 0.533 e. The first-order valence-electron chi connectivity index (χ1n) is 6.01. The first-order valence-corrected chi connectivity index (χ1v) is 7.69. The largest absolute Gasteiger partial charge is 0.533 e. The van der Waals surface area contributed by atoms with Gasteiger partial charge in [-0.2, -0.15) is 0 Å². The zero-order chi connectivity index (χ0) is 15.9. The third kappa shape index (κ3) is 5.77. The van der Waals surface area contributed by atoms with Gasteiger partial charge in [0.25, 0.3) is 0 Å². The predicted molar refractivity (Wildman–Crippen MR) is 67.6 cm³/mol. The second-order valence-electron chi connectivity index (χ2n) is 4.05. The zero-order valence-corrected chi connectivity index (χ0v) is 12.7. The lowest BCUT2D eigenvalue weighted by molar-refractivity contribution is -0.127. The molecule has 0 bridgehead atoms. The molecule has 1 atom stereocenters. The summed E-state index contributed by atoms with van der Waals surface area (Å²) in [7, 11) is -4.75. The molecule has 0 aromatic rings. The lowest BCUT2D eigenvalue weighted by Crippen LogP contribution is -2.44. The zero-order valence-electron chi connectivity index (χ0n) is 11.8. The molecule has 0 aliphatic rings. The normalized spacial score (nSPS) is 12.8.